The maximum absolute atomic E-state index is 12.9. The summed E-state index contributed by atoms with van der Waals surface area (Å²) >= 11 is 5.84. The molecule has 2 aliphatic carbocycles. The first-order chi connectivity index (χ1) is 13.5. The number of imide groups is 1. The van der Waals surface area contributed by atoms with Crippen LogP contribution in [0.15, 0.2) is 60.7 Å². The molecule has 2 aromatic rings. The van der Waals surface area contributed by atoms with Crippen LogP contribution in [0.2, 0.25) is 5.02 Å². The second-order valence-corrected chi connectivity index (χ2v) is 7.84. The van der Waals surface area contributed by atoms with Crippen LogP contribution < -0.4 is 9.64 Å². The number of carbonyl (C=O) groups excluding carboxylic acids is 3. The zero-order chi connectivity index (χ0) is 19.4. The second-order valence-electron chi connectivity index (χ2n) is 7.41. The lowest BCUT2D eigenvalue weighted by atomic mass is 9.85. The average molecular weight is 394 g/mol. The number of benzene rings is 2. The van der Waals surface area contributed by atoms with Crippen molar-refractivity contribution in [3.05, 3.63) is 71.3 Å². The Balaban J connectivity index is 1.40. The fraction of sp³-hybridized carbons (Fsp3) is 0.227. The highest BCUT2D eigenvalue weighted by Crippen LogP contribution is 2.53. The Labute approximate surface area is 166 Å². The van der Waals surface area contributed by atoms with Crippen molar-refractivity contribution in [2.45, 2.75) is 6.42 Å². The van der Waals surface area contributed by atoms with E-state index in [1.807, 2.05) is 0 Å². The molecule has 0 spiro atoms. The highest BCUT2D eigenvalue weighted by Gasteiger charge is 2.59. The number of rotatable bonds is 3. The molecule has 4 atom stereocenters. The predicted octanol–water partition coefficient (Wildman–Crippen LogP) is 3.87. The van der Waals surface area contributed by atoms with Gasteiger partial charge in [-0.25, -0.2) is 9.69 Å². The summed E-state index contributed by atoms with van der Waals surface area (Å²) < 4.78 is 5.35. The summed E-state index contributed by atoms with van der Waals surface area (Å²) in [5.74, 6) is -0.788. The van der Waals surface area contributed by atoms with Crippen LogP contribution in [0.4, 0.5) is 5.69 Å². The number of carbonyl (C=O) groups is 3. The van der Waals surface area contributed by atoms with Gasteiger partial charge in [-0.15, -0.1) is 0 Å². The Hall–Kier alpha value is -2.92. The largest absolute Gasteiger partial charge is 0.423 e. The summed E-state index contributed by atoms with van der Waals surface area (Å²) in [6, 6.07) is 12.9. The number of esters is 1. The normalized spacial score (nSPS) is 27.4. The first kappa shape index (κ1) is 17.2. The summed E-state index contributed by atoms with van der Waals surface area (Å²) in [4.78, 5) is 39.6. The summed E-state index contributed by atoms with van der Waals surface area (Å²) in [7, 11) is 0. The molecule has 2 aromatic carbocycles. The second kappa shape index (κ2) is 6.31. The highest BCUT2D eigenvalue weighted by molar-refractivity contribution is 6.30. The molecule has 1 saturated heterocycles. The SMILES string of the molecule is O=C(Oc1ccc(Cl)cc1)c1cccc(N2C(=O)C3C4C=CC(C4)C3C2=O)c1. The summed E-state index contributed by atoms with van der Waals surface area (Å²) in [6.45, 7) is 0. The molecule has 6 heteroatoms. The van der Waals surface area contributed by atoms with Gasteiger partial charge in [-0.05, 0) is 60.7 Å². The minimum Gasteiger partial charge on any atom is -0.423 e. The Bertz CT molecular complexity index is 999. The molecule has 5 nitrogen and oxygen atoms in total. The van der Waals surface area contributed by atoms with Crippen LogP contribution in [-0.2, 0) is 9.59 Å². The van der Waals surface area contributed by atoms with Crippen molar-refractivity contribution in [3.8, 4) is 5.75 Å². The Morgan fingerprint density at radius 2 is 1.61 bits per heavy atom. The number of ether oxygens (including phenoxy) is 1. The third-order valence-corrected chi connectivity index (χ3v) is 6.09. The minimum atomic E-state index is -0.565. The number of halogens is 1. The van der Waals surface area contributed by atoms with Gasteiger partial charge in [0.25, 0.3) is 0 Å². The molecule has 140 valence electrons. The Morgan fingerprint density at radius 3 is 2.25 bits per heavy atom. The number of hydrogen-bond donors (Lipinski definition) is 0. The van der Waals surface area contributed by atoms with Crippen LogP contribution in [0.5, 0.6) is 5.75 Å². The third kappa shape index (κ3) is 2.58. The molecule has 5 rings (SSSR count). The zero-order valence-electron chi connectivity index (χ0n) is 14.7. The molecule has 0 N–H and O–H groups in total. The Kier molecular flexibility index (Phi) is 3.88. The molecule has 2 fully saturated rings. The van der Waals surface area contributed by atoms with Gasteiger partial charge >= 0.3 is 5.97 Å². The molecule has 0 aromatic heterocycles. The number of fused-ring (bicyclic) bond motifs is 5. The molecule has 1 heterocycles. The van der Waals surface area contributed by atoms with Gasteiger partial charge in [-0.2, -0.15) is 0 Å². The van der Waals surface area contributed by atoms with Crippen molar-refractivity contribution in [2.24, 2.45) is 23.7 Å². The van der Waals surface area contributed by atoms with E-state index in [0.717, 1.165) is 6.42 Å². The smallest absolute Gasteiger partial charge is 0.343 e. The first-order valence-corrected chi connectivity index (χ1v) is 9.54. The maximum Gasteiger partial charge on any atom is 0.343 e. The molecule has 2 amide bonds. The van der Waals surface area contributed by atoms with E-state index in [-0.39, 0.29) is 41.0 Å². The predicted molar refractivity (Wildman–Crippen MR) is 103 cm³/mol. The van der Waals surface area contributed by atoms with Crippen LogP contribution in [0.1, 0.15) is 16.8 Å². The monoisotopic (exact) mass is 393 g/mol. The van der Waals surface area contributed by atoms with E-state index < -0.39 is 5.97 Å². The highest BCUT2D eigenvalue weighted by atomic mass is 35.5. The van der Waals surface area contributed by atoms with E-state index in [1.54, 1.807) is 42.5 Å². The first-order valence-electron chi connectivity index (χ1n) is 9.17. The standard InChI is InChI=1S/C22H16ClNO4/c23-15-6-8-17(9-7-15)28-22(27)14-2-1-3-16(11-14)24-20(25)18-12-4-5-13(10-12)19(18)21(24)26/h1-9,11-13,18-19H,10H2. The third-order valence-electron chi connectivity index (χ3n) is 5.83. The van der Waals surface area contributed by atoms with Crippen molar-refractivity contribution < 1.29 is 19.1 Å². The van der Waals surface area contributed by atoms with Crippen LogP contribution in [0.25, 0.3) is 0 Å². The van der Waals surface area contributed by atoms with Crippen molar-refractivity contribution in [2.75, 3.05) is 4.90 Å². The summed E-state index contributed by atoms with van der Waals surface area (Å²) in [5, 5.41) is 0.543. The molecule has 2 bridgehead atoms. The topological polar surface area (TPSA) is 63.7 Å². The van der Waals surface area contributed by atoms with Crippen molar-refractivity contribution in [1.82, 2.24) is 0 Å². The van der Waals surface area contributed by atoms with Gasteiger partial charge in [-0.1, -0.05) is 29.8 Å². The molecule has 4 unspecified atom stereocenters. The lowest BCUT2D eigenvalue weighted by Gasteiger charge is -2.18. The van der Waals surface area contributed by atoms with Gasteiger partial charge in [0.1, 0.15) is 5.75 Å². The maximum atomic E-state index is 12.9. The number of hydrogen-bond acceptors (Lipinski definition) is 4. The number of nitrogens with zero attached hydrogens (tertiary/aromatic N) is 1. The van der Waals surface area contributed by atoms with E-state index in [4.69, 9.17) is 16.3 Å². The average Bonchev–Trinajstić information content (AvgIpc) is 3.37. The minimum absolute atomic E-state index is 0.148. The van der Waals surface area contributed by atoms with Crippen LogP contribution >= 0.6 is 11.6 Å². The van der Waals surface area contributed by atoms with Gasteiger partial charge in [-0.3, -0.25) is 9.59 Å². The van der Waals surface area contributed by atoms with Crippen molar-refractivity contribution in [3.63, 3.8) is 0 Å². The van der Waals surface area contributed by atoms with Crippen LogP contribution in [-0.4, -0.2) is 17.8 Å². The van der Waals surface area contributed by atoms with E-state index >= 15 is 0 Å². The van der Waals surface area contributed by atoms with Crippen molar-refractivity contribution in [1.29, 1.82) is 0 Å². The molecule has 1 saturated carbocycles. The molecular weight excluding hydrogens is 378 g/mol. The molecule has 3 aliphatic rings. The van der Waals surface area contributed by atoms with Gasteiger partial charge in [0.05, 0.1) is 23.1 Å². The van der Waals surface area contributed by atoms with Gasteiger partial charge in [0.15, 0.2) is 0 Å². The van der Waals surface area contributed by atoms with Gasteiger partial charge in [0.2, 0.25) is 11.8 Å². The van der Waals surface area contributed by atoms with Crippen LogP contribution in [0.3, 0.4) is 0 Å². The van der Waals surface area contributed by atoms with Crippen molar-refractivity contribution >= 4 is 35.1 Å². The fourth-order valence-corrected chi connectivity index (χ4v) is 4.72. The van der Waals surface area contributed by atoms with E-state index in [1.165, 1.54) is 11.0 Å². The number of anilines is 1. The lowest BCUT2D eigenvalue weighted by molar-refractivity contribution is -0.123. The summed E-state index contributed by atoms with van der Waals surface area (Å²) in [5.41, 5.74) is 0.681. The summed E-state index contributed by atoms with van der Waals surface area (Å²) in [6.07, 6.45) is 4.99. The number of amides is 2. The molecule has 28 heavy (non-hydrogen) atoms. The number of allylic oxidation sites excluding steroid dienone is 2. The lowest BCUT2D eigenvalue weighted by Crippen LogP contribution is -2.33. The van der Waals surface area contributed by atoms with E-state index in [0.29, 0.717) is 16.5 Å². The molecule has 0 radical (unpaired) electrons. The zero-order valence-corrected chi connectivity index (χ0v) is 15.5. The fourth-order valence-electron chi connectivity index (χ4n) is 4.60. The quantitative estimate of drug-likeness (QED) is 0.343. The van der Waals surface area contributed by atoms with Gasteiger partial charge in [0, 0.05) is 5.02 Å². The molecular formula is C22H16ClNO4. The van der Waals surface area contributed by atoms with E-state index in [9.17, 15) is 14.4 Å². The van der Waals surface area contributed by atoms with Gasteiger partial charge < -0.3 is 4.74 Å². The van der Waals surface area contributed by atoms with E-state index in [2.05, 4.69) is 12.2 Å². The Morgan fingerprint density at radius 1 is 0.964 bits per heavy atom. The molecule has 1 aliphatic heterocycles. The van der Waals surface area contributed by atoms with Crippen LogP contribution in [0, 0.1) is 23.7 Å².